The number of aromatic nitrogens is 2. The van der Waals surface area contributed by atoms with Crippen molar-refractivity contribution in [2.45, 2.75) is 32.2 Å². The molecule has 0 spiro atoms. The van der Waals surface area contributed by atoms with Gasteiger partial charge in [0, 0.05) is 24.7 Å². The number of nitrogens with one attached hydrogen (secondary N) is 2. The molecule has 0 bridgehead atoms. The topological polar surface area (TPSA) is 85.4 Å². The Morgan fingerprint density at radius 2 is 1.93 bits per heavy atom. The first-order chi connectivity index (χ1) is 14.1. The number of benzene rings is 2. The van der Waals surface area contributed by atoms with Crippen LogP contribution in [-0.4, -0.2) is 22.3 Å². The van der Waals surface area contributed by atoms with Gasteiger partial charge in [0.05, 0.1) is 10.9 Å². The fourth-order valence-corrected chi connectivity index (χ4v) is 3.62. The summed E-state index contributed by atoms with van der Waals surface area (Å²) in [5.74, 6) is 1.27. The minimum absolute atomic E-state index is 0.0518. The summed E-state index contributed by atoms with van der Waals surface area (Å²) in [5, 5.41) is 3.50. The third kappa shape index (κ3) is 4.32. The lowest BCUT2D eigenvalue weighted by Gasteiger charge is -2.08. The maximum absolute atomic E-state index is 12.6. The van der Waals surface area contributed by atoms with E-state index in [1.54, 1.807) is 28.8 Å². The van der Waals surface area contributed by atoms with Gasteiger partial charge in [-0.15, -0.1) is 0 Å². The van der Waals surface area contributed by atoms with Crippen LogP contribution in [0.2, 0.25) is 0 Å². The van der Waals surface area contributed by atoms with Crippen molar-refractivity contribution in [3.63, 3.8) is 0 Å². The van der Waals surface area contributed by atoms with Gasteiger partial charge in [0.2, 0.25) is 12.7 Å². The Morgan fingerprint density at radius 3 is 2.83 bits per heavy atom. The smallest absolute Gasteiger partial charge is 0.262 e. The summed E-state index contributed by atoms with van der Waals surface area (Å²) in [6, 6.07) is 12.7. The van der Waals surface area contributed by atoms with E-state index in [0.717, 1.165) is 24.8 Å². The first-order valence-corrected chi connectivity index (χ1v) is 9.94. The second-order valence-electron chi connectivity index (χ2n) is 6.86. The van der Waals surface area contributed by atoms with Gasteiger partial charge < -0.3 is 19.8 Å². The summed E-state index contributed by atoms with van der Waals surface area (Å²) in [7, 11) is 0. The Morgan fingerprint density at radius 1 is 1.10 bits per heavy atom. The Bertz CT molecular complexity index is 1170. The van der Waals surface area contributed by atoms with Crippen molar-refractivity contribution in [3.05, 3.63) is 57.6 Å². The molecule has 8 heteroatoms. The first kappa shape index (κ1) is 19.2. The predicted octanol–water partition coefficient (Wildman–Crippen LogP) is 3.99. The van der Waals surface area contributed by atoms with Crippen LogP contribution >= 0.6 is 12.2 Å². The minimum atomic E-state index is -0.0788. The highest BCUT2D eigenvalue weighted by Crippen LogP contribution is 2.34. The molecule has 2 aromatic carbocycles. The van der Waals surface area contributed by atoms with Gasteiger partial charge in [-0.25, -0.2) is 0 Å². The van der Waals surface area contributed by atoms with Crippen molar-refractivity contribution in [1.82, 2.24) is 9.55 Å². The van der Waals surface area contributed by atoms with E-state index in [4.69, 9.17) is 21.7 Å². The highest BCUT2D eigenvalue weighted by atomic mass is 32.1. The molecule has 0 fully saturated rings. The largest absolute Gasteiger partial charge is 0.454 e. The minimum Gasteiger partial charge on any atom is -0.454 e. The number of fused-ring (bicyclic) bond motifs is 2. The average molecular weight is 411 g/mol. The van der Waals surface area contributed by atoms with E-state index in [1.807, 2.05) is 18.2 Å². The standard InChI is InChI=1S/C21H21N3O4S/c25-19(22-14-9-10-17-18(12-14)28-13-27-17)8-2-1-5-11-24-20(26)15-6-3-4-7-16(15)23-21(24)29/h3-4,6-7,9-10,12H,1-2,5,8,11,13H2,(H,22,25)(H,23,29). The van der Waals surface area contributed by atoms with Crippen LogP contribution in [0, 0.1) is 4.77 Å². The van der Waals surface area contributed by atoms with Crippen molar-refractivity contribution in [3.8, 4) is 11.5 Å². The SMILES string of the molecule is O=C(CCCCCn1c(=S)[nH]c2ccccc2c1=O)Nc1ccc2c(c1)OCO2. The van der Waals surface area contributed by atoms with E-state index in [-0.39, 0.29) is 18.3 Å². The van der Waals surface area contributed by atoms with Gasteiger partial charge in [0.25, 0.3) is 5.56 Å². The van der Waals surface area contributed by atoms with Gasteiger partial charge in [0.15, 0.2) is 16.3 Å². The number of rotatable bonds is 7. The molecule has 1 aliphatic heterocycles. The van der Waals surface area contributed by atoms with E-state index in [0.29, 0.717) is 40.3 Å². The van der Waals surface area contributed by atoms with Crippen LogP contribution in [0.25, 0.3) is 10.9 Å². The lowest BCUT2D eigenvalue weighted by molar-refractivity contribution is -0.116. The Kier molecular flexibility index (Phi) is 5.62. The molecule has 1 amide bonds. The molecule has 4 rings (SSSR count). The van der Waals surface area contributed by atoms with Crippen LogP contribution < -0.4 is 20.3 Å². The molecular weight excluding hydrogens is 390 g/mol. The predicted molar refractivity (Wildman–Crippen MR) is 113 cm³/mol. The fourth-order valence-electron chi connectivity index (χ4n) is 3.33. The molecule has 0 unspecified atom stereocenters. The second-order valence-corrected chi connectivity index (χ2v) is 7.25. The highest BCUT2D eigenvalue weighted by Gasteiger charge is 2.14. The first-order valence-electron chi connectivity index (χ1n) is 9.53. The van der Waals surface area contributed by atoms with Gasteiger partial charge >= 0.3 is 0 Å². The van der Waals surface area contributed by atoms with Gasteiger partial charge in [-0.1, -0.05) is 18.6 Å². The van der Waals surface area contributed by atoms with E-state index in [9.17, 15) is 9.59 Å². The van der Waals surface area contributed by atoms with Gasteiger partial charge in [-0.3, -0.25) is 14.2 Å². The summed E-state index contributed by atoms with van der Waals surface area (Å²) in [4.78, 5) is 27.8. The van der Waals surface area contributed by atoms with Gasteiger partial charge in [-0.2, -0.15) is 0 Å². The number of carbonyl (C=O) groups excluding carboxylic acids is 1. The number of ether oxygens (including phenoxy) is 2. The highest BCUT2D eigenvalue weighted by molar-refractivity contribution is 7.71. The molecule has 7 nitrogen and oxygen atoms in total. The molecule has 29 heavy (non-hydrogen) atoms. The normalized spacial score (nSPS) is 12.3. The van der Waals surface area contributed by atoms with Gasteiger partial charge in [0.1, 0.15) is 0 Å². The van der Waals surface area contributed by atoms with Crippen LogP contribution in [0.1, 0.15) is 25.7 Å². The second kappa shape index (κ2) is 8.48. The van der Waals surface area contributed by atoms with E-state index in [1.165, 1.54) is 0 Å². The number of H-pyrrole nitrogens is 1. The number of aromatic amines is 1. The quantitative estimate of drug-likeness (QED) is 0.454. The van der Waals surface area contributed by atoms with Crippen molar-refractivity contribution in [1.29, 1.82) is 0 Å². The monoisotopic (exact) mass is 411 g/mol. The maximum atomic E-state index is 12.6. The van der Waals surface area contributed by atoms with Crippen molar-refractivity contribution in [2.24, 2.45) is 0 Å². The molecular formula is C21H21N3O4S. The summed E-state index contributed by atoms with van der Waals surface area (Å²) in [5.41, 5.74) is 1.36. The average Bonchev–Trinajstić information content (AvgIpc) is 3.18. The Hall–Kier alpha value is -3.13. The van der Waals surface area contributed by atoms with Crippen LogP contribution in [0.4, 0.5) is 5.69 Å². The number of carbonyl (C=O) groups is 1. The molecule has 1 aliphatic rings. The molecule has 0 aliphatic carbocycles. The summed E-state index contributed by atoms with van der Waals surface area (Å²) < 4.78 is 12.6. The van der Waals surface area contributed by atoms with Crippen molar-refractivity contribution in [2.75, 3.05) is 12.1 Å². The summed E-state index contributed by atoms with van der Waals surface area (Å²) in [6.45, 7) is 0.736. The molecule has 2 heterocycles. The number of hydrogen-bond acceptors (Lipinski definition) is 5. The van der Waals surface area contributed by atoms with Crippen molar-refractivity contribution < 1.29 is 14.3 Å². The summed E-state index contributed by atoms with van der Waals surface area (Å²) in [6.07, 6.45) is 2.73. The molecule has 0 radical (unpaired) electrons. The molecule has 150 valence electrons. The van der Waals surface area contributed by atoms with Crippen LogP contribution in [0.15, 0.2) is 47.3 Å². The molecule has 2 N–H and O–H groups in total. The lowest BCUT2D eigenvalue weighted by atomic mass is 10.1. The lowest BCUT2D eigenvalue weighted by Crippen LogP contribution is -2.22. The van der Waals surface area contributed by atoms with Crippen LogP contribution in [0.3, 0.4) is 0 Å². The number of nitrogens with zero attached hydrogens (tertiary/aromatic N) is 1. The van der Waals surface area contributed by atoms with E-state index in [2.05, 4.69) is 10.3 Å². The third-order valence-corrected chi connectivity index (χ3v) is 5.15. The third-order valence-electron chi connectivity index (χ3n) is 4.83. The Balaban J connectivity index is 1.26. The van der Waals surface area contributed by atoms with Crippen LogP contribution in [-0.2, 0) is 11.3 Å². The molecule has 0 atom stereocenters. The van der Waals surface area contributed by atoms with Crippen LogP contribution in [0.5, 0.6) is 11.5 Å². The molecule has 0 saturated carbocycles. The number of hydrogen-bond donors (Lipinski definition) is 2. The zero-order valence-corrected chi connectivity index (χ0v) is 16.6. The van der Waals surface area contributed by atoms with Crippen molar-refractivity contribution >= 4 is 34.7 Å². The maximum Gasteiger partial charge on any atom is 0.262 e. The van der Waals surface area contributed by atoms with Gasteiger partial charge in [-0.05, 0) is 49.3 Å². The number of amides is 1. The van der Waals surface area contributed by atoms with E-state index >= 15 is 0 Å². The zero-order chi connectivity index (χ0) is 20.2. The number of para-hydroxylation sites is 1. The Labute approximate surface area is 172 Å². The molecule has 3 aromatic rings. The summed E-state index contributed by atoms with van der Waals surface area (Å²) >= 11 is 5.32. The zero-order valence-electron chi connectivity index (χ0n) is 15.8. The number of unbranched alkanes of at least 4 members (excludes halogenated alkanes) is 2. The fraction of sp³-hybridized carbons (Fsp3) is 0.286. The molecule has 0 saturated heterocycles. The molecule has 1 aromatic heterocycles. The van der Waals surface area contributed by atoms with E-state index < -0.39 is 0 Å². The number of anilines is 1.